The summed E-state index contributed by atoms with van der Waals surface area (Å²) in [5.74, 6) is 1.08. The van der Waals surface area contributed by atoms with Gasteiger partial charge in [0.1, 0.15) is 11.9 Å². The molecule has 130 valence electrons. The standard InChI is InChI=1S/C16H22N4O3S/c1-13(2)9-19-11-16(18-12-19)24(21,22)20-7-5-15(10-20)23-14-4-3-6-17-8-14/h3-4,6,8,11-13,15H,5,7,9-10H2,1-2H3/t15-/m1/s1. The van der Waals surface area contributed by atoms with E-state index in [0.29, 0.717) is 31.2 Å². The number of nitrogens with zero attached hydrogens (tertiary/aromatic N) is 4. The van der Waals surface area contributed by atoms with Crippen LogP contribution < -0.4 is 4.74 Å². The molecule has 7 nitrogen and oxygen atoms in total. The number of sulfonamides is 1. The van der Waals surface area contributed by atoms with Crippen molar-refractivity contribution in [1.29, 1.82) is 0 Å². The molecule has 1 saturated heterocycles. The molecule has 2 aromatic heterocycles. The van der Waals surface area contributed by atoms with Crippen molar-refractivity contribution >= 4 is 10.0 Å². The van der Waals surface area contributed by atoms with Gasteiger partial charge in [0.25, 0.3) is 10.0 Å². The minimum atomic E-state index is -3.57. The highest BCUT2D eigenvalue weighted by molar-refractivity contribution is 7.89. The quantitative estimate of drug-likeness (QED) is 0.793. The molecular weight excluding hydrogens is 328 g/mol. The molecule has 3 rings (SSSR count). The molecule has 0 radical (unpaired) electrons. The van der Waals surface area contributed by atoms with Crippen molar-refractivity contribution in [3.8, 4) is 5.75 Å². The van der Waals surface area contributed by atoms with Crippen molar-refractivity contribution in [2.45, 2.75) is 37.9 Å². The fourth-order valence-electron chi connectivity index (χ4n) is 2.75. The zero-order valence-corrected chi connectivity index (χ0v) is 14.7. The van der Waals surface area contributed by atoms with Gasteiger partial charge < -0.3 is 9.30 Å². The van der Waals surface area contributed by atoms with E-state index in [0.717, 1.165) is 6.54 Å². The Morgan fingerprint density at radius 3 is 2.96 bits per heavy atom. The van der Waals surface area contributed by atoms with Crippen molar-refractivity contribution in [3.63, 3.8) is 0 Å². The average Bonchev–Trinajstić information content (AvgIpc) is 3.18. The summed E-state index contributed by atoms with van der Waals surface area (Å²) in [6.45, 7) is 5.66. The van der Waals surface area contributed by atoms with Crippen molar-refractivity contribution in [2.75, 3.05) is 13.1 Å². The molecule has 1 aliphatic heterocycles. The van der Waals surface area contributed by atoms with Gasteiger partial charge in [-0.05, 0) is 24.5 Å². The van der Waals surface area contributed by atoms with E-state index in [2.05, 4.69) is 23.8 Å². The first-order valence-electron chi connectivity index (χ1n) is 8.04. The van der Waals surface area contributed by atoms with Crippen LogP contribution >= 0.6 is 0 Å². The molecule has 2 aromatic rings. The monoisotopic (exact) mass is 350 g/mol. The average molecular weight is 350 g/mol. The fourth-order valence-corrected chi connectivity index (χ4v) is 4.17. The van der Waals surface area contributed by atoms with E-state index in [1.54, 1.807) is 31.0 Å². The lowest BCUT2D eigenvalue weighted by Crippen LogP contribution is -2.31. The Morgan fingerprint density at radius 2 is 2.25 bits per heavy atom. The molecule has 0 N–H and O–H groups in total. The van der Waals surface area contributed by atoms with Crippen LogP contribution in [0, 0.1) is 5.92 Å². The summed E-state index contributed by atoms with van der Waals surface area (Å²) < 4.78 is 34.5. The van der Waals surface area contributed by atoms with Gasteiger partial charge in [0.05, 0.1) is 19.1 Å². The van der Waals surface area contributed by atoms with Crippen LogP contribution in [0.3, 0.4) is 0 Å². The van der Waals surface area contributed by atoms with Gasteiger partial charge in [0, 0.05) is 25.5 Å². The van der Waals surface area contributed by atoms with Crippen LogP contribution in [0.1, 0.15) is 20.3 Å². The lowest BCUT2D eigenvalue weighted by Gasteiger charge is -2.16. The summed E-state index contributed by atoms with van der Waals surface area (Å²) >= 11 is 0. The van der Waals surface area contributed by atoms with Crippen molar-refractivity contribution in [1.82, 2.24) is 18.8 Å². The summed E-state index contributed by atoms with van der Waals surface area (Å²) in [7, 11) is -3.57. The highest BCUT2D eigenvalue weighted by Gasteiger charge is 2.35. The highest BCUT2D eigenvalue weighted by atomic mass is 32.2. The third kappa shape index (κ3) is 3.76. The Morgan fingerprint density at radius 1 is 1.42 bits per heavy atom. The predicted molar refractivity (Wildman–Crippen MR) is 89.1 cm³/mol. The Balaban J connectivity index is 1.66. The number of hydrogen-bond acceptors (Lipinski definition) is 5. The maximum Gasteiger partial charge on any atom is 0.262 e. The Bertz CT molecular complexity index is 774. The molecule has 0 aromatic carbocycles. The fraction of sp³-hybridized carbons (Fsp3) is 0.500. The van der Waals surface area contributed by atoms with Crippen molar-refractivity contribution in [3.05, 3.63) is 37.1 Å². The molecule has 3 heterocycles. The minimum absolute atomic E-state index is 0.102. The first-order valence-corrected chi connectivity index (χ1v) is 9.48. The van der Waals surface area contributed by atoms with Crippen LogP contribution in [0.15, 0.2) is 42.1 Å². The molecule has 0 bridgehead atoms. The summed E-state index contributed by atoms with van der Waals surface area (Å²) in [6, 6.07) is 3.61. The lowest BCUT2D eigenvalue weighted by molar-refractivity contribution is 0.214. The minimum Gasteiger partial charge on any atom is -0.487 e. The van der Waals surface area contributed by atoms with Gasteiger partial charge in [-0.3, -0.25) is 4.98 Å². The number of aromatic nitrogens is 3. The molecule has 0 spiro atoms. The number of hydrogen-bond donors (Lipinski definition) is 0. The SMILES string of the molecule is CC(C)Cn1cnc(S(=O)(=O)N2CC[C@@H](Oc3cccnc3)C2)c1. The summed E-state index contributed by atoms with van der Waals surface area (Å²) in [6.07, 6.45) is 6.97. The first-order chi connectivity index (χ1) is 11.4. The third-order valence-electron chi connectivity index (χ3n) is 3.83. The highest BCUT2D eigenvalue weighted by Crippen LogP contribution is 2.23. The summed E-state index contributed by atoms with van der Waals surface area (Å²) in [5.41, 5.74) is 0. The van der Waals surface area contributed by atoms with Gasteiger partial charge in [0.2, 0.25) is 0 Å². The second-order valence-electron chi connectivity index (χ2n) is 6.38. The van der Waals surface area contributed by atoms with E-state index in [-0.39, 0.29) is 11.1 Å². The number of ether oxygens (including phenoxy) is 1. The van der Waals surface area contributed by atoms with E-state index < -0.39 is 10.0 Å². The molecule has 0 saturated carbocycles. The van der Waals surface area contributed by atoms with Crippen LogP contribution in [-0.4, -0.2) is 46.5 Å². The van der Waals surface area contributed by atoms with Gasteiger partial charge in [0.15, 0.2) is 5.03 Å². The van der Waals surface area contributed by atoms with Crippen LogP contribution in [0.2, 0.25) is 0 Å². The number of imidazole rings is 1. The van der Waals surface area contributed by atoms with Crippen LogP contribution in [0.4, 0.5) is 0 Å². The van der Waals surface area contributed by atoms with Gasteiger partial charge in [-0.15, -0.1) is 0 Å². The van der Waals surface area contributed by atoms with E-state index in [4.69, 9.17) is 4.74 Å². The molecule has 1 atom stereocenters. The Kier molecular flexibility index (Phi) is 4.86. The molecule has 0 amide bonds. The lowest BCUT2D eigenvalue weighted by atomic mass is 10.2. The van der Waals surface area contributed by atoms with E-state index >= 15 is 0 Å². The molecule has 1 fully saturated rings. The van der Waals surface area contributed by atoms with E-state index in [1.165, 1.54) is 4.31 Å². The molecule has 0 aliphatic carbocycles. The van der Waals surface area contributed by atoms with Gasteiger partial charge >= 0.3 is 0 Å². The largest absolute Gasteiger partial charge is 0.487 e. The maximum absolute atomic E-state index is 12.7. The summed E-state index contributed by atoms with van der Waals surface area (Å²) in [5, 5.41) is 0.102. The molecule has 0 unspecified atom stereocenters. The third-order valence-corrected chi connectivity index (χ3v) is 5.59. The maximum atomic E-state index is 12.7. The number of rotatable bonds is 6. The molecular formula is C16H22N4O3S. The normalized spacial score (nSPS) is 19.0. The van der Waals surface area contributed by atoms with Crippen LogP contribution in [-0.2, 0) is 16.6 Å². The molecule has 1 aliphatic rings. The zero-order valence-electron chi connectivity index (χ0n) is 13.9. The topological polar surface area (TPSA) is 77.3 Å². The van der Waals surface area contributed by atoms with Crippen LogP contribution in [0.5, 0.6) is 5.75 Å². The summed E-state index contributed by atoms with van der Waals surface area (Å²) in [4.78, 5) is 8.08. The zero-order chi connectivity index (χ0) is 17.2. The van der Waals surface area contributed by atoms with Gasteiger partial charge in [-0.1, -0.05) is 13.8 Å². The van der Waals surface area contributed by atoms with Gasteiger partial charge in [-0.25, -0.2) is 13.4 Å². The molecule has 8 heteroatoms. The van der Waals surface area contributed by atoms with Gasteiger partial charge in [-0.2, -0.15) is 4.31 Å². The Labute approximate surface area is 142 Å². The number of pyridine rings is 1. The first kappa shape index (κ1) is 16.9. The van der Waals surface area contributed by atoms with E-state index in [1.807, 2.05) is 10.6 Å². The second-order valence-corrected chi connectivity index (χ2v) is 8.27. The second kappa shape index (κ2) is 6.90. The van der Waals surface area contributed by atoms with Crippen molar-refractivity contribution in [2.24, 2.45) is 5.92 Å². The van der Waals surface area contributed by atoms with Crippen molar-refractivity contribution < 1.29 is 13.2 Å². The molecule has 24 heavy (non-hydrogen) atoms. The predicted octanol–water partition coefficient (Wildman–Crippen LogP) is 1.78. The smallest absolute Gasteiger partial charge is 0.262 e. The van der Waals surface area contributed by atoms with E-state index in [9.17, 15) is 8.42 Å². The Hall–Kier alpha value is -1.93. The van der Waals surface area contributed by atoms with Crippen LogP contribution in [0.25, 0.3) is 0 Å².